The summed E-state index contributed by atoms with van der Waals surface area (Å²) < 4.78 is 10.6. The van der Waals surface area contributed by atoms with Gasteiger partial charge in [0.05, 0.1) is 7.11 Å². The third kappa shape index (κ3) is 3.31. The lowest BCUT2D eigenvalue weighted by molar-refractivity contribution is 0.0813. The van der Waals surface area contributed by atoms with Crippen molar-refractivity contribution in [1.82, 2.24) is 4.98 Å². The number of pyridine rings is 1. The first-order valence-corrected chi connectivity index (χ1v) is 5.96. The van der Waals surface area contributed by atoms with E-state index >= 15 is 0 Å². The predicted molar refractivity (Wildman–Crippen MR) is 71.7 cm³/mol. The Balaban J connectivity index is 2.04. The number of rotatable bonds is 5. The molecule has 1 aromatic heterocycles. The minimum absolute atomic E-state index is 0.142. The first-order valence-electron chi connectivity index (χ1n) is 5.96. The molecule has 0 fully saturated rings. The molecule has 0 amide bonds. The summed E-state index contributed by atoms with van der Waals surface area (Å²) in [4.78, 5) is 16.1. The molecule has 0 saturated heterocycles. The van der Waals surface area contributed by atoms with Gasteiger partial charge < -0.3 is 9.47 Å². The second-order valence-electron chi connectivity index (χ2n) is 4.01. The van der Waals surface area contributed by atoms with E-state index in [1.165, 1.54) is 0 Å². The zero-order valence-corrected chi connectivity index (χ0v) is 10.9. The number of nitrogens with zero attached hydrogens (tertiary/aromatic N) is 1. The fraction of sp³-hybridized carbons (Fsp3) is 0.200. The summed E-state index contributed by atoms with van der Waals surface area (Å²) in [7, 11) is 1.60. The first-order chi connectivity index (χ1) is 9.20. The molecule has 0 aliphatic heterocycles. The number of Topliss-reactive ketones (excluding diaryl/α,β-unsaturated/α-hetero) is 1. The molecule has 2 aromatic rings. The van der Waals surface area contributed by atoms with Gasteiger partial charge in [-0.1, -0.05) is 6.07 Å². The van der Waals surface area contributed by atoms with Crippen molar-refractivity contribution in [3.63, 3.8) is 0 Å². The van der Waals surface area contributed by atoms with Gasteiger partial charge in [-0.25, -0.2) is 0 Å². The summed E-state index contributed by atoms with van der Waals surface area (Å²) in [5, 5.41) is 0. The molecular formula is C15H15NO3. The standard InChI is InChI=1S/C15H15NO3/c1-11(15(17)14-5-3-4-10-16-14)19-13-8-6-12(18-2)7-9-13/h3-11H,1-2H3. The van der Waals surface area contributed by atoms with Crippen molar-refractivity contribution < 1.29 is 14.3 Å². The summed E-state index contributed by atoms with van der Waals surface area (Å²) in [6.45, 7) is 1.71. The lowest BCUT2D eigenvalue weighted by atomic mass is 10.2. The van der Waals surface area contributed by atoms with E-state index in [1.807, 2.05) is 0 Å². The van der Waals surface area contributed by atoms with Gasteiger partial charge in [0.1, 0.15) is 17.2 Å². The van der Waals surface area contributed by atoms with Crippen molar-refractivity contribution in [2.75, 3.05) is 7.11 Å². The van der Waals surface area contributed by atoms with E-state index in [0.717, 1.165) is 5.75 Å². The van der Waals surface area contributed by atoms with Crippen molar-refractivity contribution in [3.8, 4) is 11.5 Å². The lowest BCUT2D eigenvalue weighted by Gasteiger charge is -2.13. The molecule has 0 aliphatic rings. The third-order valence-corrected chi connectivity index (χ3v) is 2.66. The number of benzene rings is 1. The summed E-state index contributed by atoms with van der Waals surface area (Å²) in [5.74, 6) is 1.23. The number of ketones is 1. The van der Waals surface area contributed by atoms with E-state index < -0.39 is 6.10 Å². The van der Waals surface area contributed by atoms with Crippen molar-refractivity contribution in [3.05, 3.63) is 54.4 Å². The summed E-state index contributed by atoms with van der Waals surface area (Å²) in [6, 6.07) is 12.3. The van der Waals surface area contributed by atoms with Gasteiger partial charge in [0.25, 0.3) is 0 Å². The number of methoxy groups -OCH3 is 1. The molecule has 0 radical (unpaired) electrons. The maximum atomic E-state index is 12.1. The SMILES string of the molecule is COc1ccc(OC(C)C(=O)c2ccccn2)cc1. The molecule has 0 bridgehead atoms. The van der Waals surface area contributed by atoms with Crippen LogP contribution in [0.25, 0.3) is 0 Å². The first kappa shape index (κ1) is 13.1. The van der Waals surface area contributed by atoms with Gasteiger partial charge in [-0.05, 0) is 43.3 Å². The zero-order valence-electron chi connectivity index (χ0n) is 10.9. The van der Waals surface area contributed by atoms with Gasteiger partial charge in [0.15, 0.2) is 6.10 Å². The maximum absolute atomic E-state index is 12.1. The van der Waals surface area contributed by atoms with Crippen molar-refractivity contribution >= 4 is 5.78 Å². The van der Waals surface area contributed by atoms with E-state index in [0.29, 0.717) is 11.4 Å². The summed E-state index contributed by atoms with van der Waals surface area (Å²) in [5.41, 5.74) is 0.406. The van der Waals surface area contributed by atoms with Crippen LogP contribution in [0.15, 0.2) is 48.7 Å². The minimum Gasteiger partial charge on any atom is -0.497 e. The molecule has 98 valence electrons. The van der Waals surface area contributed by atoms with Crippen LogP contribution in [0.4, 0.5) is 0 Å². The van der Waals surface area contributed by atoms with Crippen LogP contribution in [-0.4, -0.2) is 24.0 Å². The van der Waals surface area contributed by atoms with Gasteiger partial charge >= 0.3 is 0 Å². The van der Waals surface area contributed by atoms with Crippen molar-refractivity contribution in [2.45, 2.75) is 13.0 Å². The number of carbonyl (C=O) groups excluding carboxylic acids is 1. The average Bonchev–Trinajstić information content (AvgIpc) is 2.48. The maximum Gasteiger partial charge on any atom is 0.221 e. The smallest absolute Gasteiger partial charge is 0.221 e. The van der Waals surface area contributed by atoms with Crippen LogP contribution in [0.2, 0.25) is 0 Å². The molecule has 0 N–H and O–H groups in total. The Morgan fingerprint density at radius 3 is 2.37 bits per heavy atom. The molecule has 0 saturated carbocycles. The van der Waals surface area contributed by atoms with Crippen LogP contribution >= 0.6 is 0 Å². The fourth-order valence-corrected chi connectivity index (χ4v) is 1.63. The summed E-state index contributed by atoms with van der Waals surface area (Å²) >= 11 is 0. The largest absolute Gasteiger partial charge is 0.497 e. The van der Waals surface area contributed by atoms with Gasteiger partial charge in [0.2, 0.25) is 5.78 Å². The molecule has 2 rings (SSSR count). The highest BCUT2D eigenvalue weighted by atomic mass is 16.5. The number of hydrogen-bond donors (Lipinski definition) is 0. The highest BCUT2D eigenvalue weighted by Crippen LogP contribution is 2.18. The molecule has 0 aliphatic carbocycles. The number of ether oxygens (including phenoxy) is 2. The molecule has 4 heteroatoms. The monoisotopic (exact) mass is 257 g/mol. The quantitative estimate of drug-likeness (QED) is 0.773. The number of aromatic nitrogens is 1. The average molecular weight is 257 g/mol. The van der Waals surface area contributed by atoms with Crippen LogP contribution in [0, 0.1) is 0 Å². The van der Waals surface area contributed by atoms with Crippen LogP contribution in [0.1, 0.15) is 17.4 Å². The second-order valence-corrected chi connectivity index (χ2v) is 4.01. The van der Waals surface area contributed by atoms with Crippen molar-refractivity contribution in [2.24, 2.45) is 0 Å². The molecule has 1 atom stereocenters. The minimum atomic E-state index is -0.580. The fourth-order valence-electron chi connectivity index (χ4n) is 1.63. The third-order valence-electron chi connectivity index (χ3n) is 2.66. The molecule has 0 spiro atoms. The highest BCUT2D eigenvalue weighted by molar-refractivity contribution is 5.97. The van der Waals surface area contributed by atoms with E-state index in [9.17, 15) is 4.79 Å². The summed E-state index contributed by atoms with van der Waals surface area (Å²) in [6.07, 6.45) is 1.01. The van der Waals surface area contributed by atoms with Crippen molar-refractivity contribution in [1.29, 1.82) is 0 Å². The van der Waals surface area contributed by atoms with Gasteiger partial charge in [-0.2, -0.15) is 0 Å². The Bertz CT molecular complexity index is 537. The Kier molecular flexibility index (Phi) is 4.13. The van der Waals surface area contributed by atoms with Crippen LogP contribution < -0.4 is 9.47 Å². The number of carbonyl (C=O) groups is 1. The Labute approximate surface area is 112 Å². The zero-order chi connectivity index (χ0) is 13.7. The van der Waals surface area contributed by atoms with Gasteiger partial charge in [-0.3, -0.25) is 9.78 Å². The van der Waals surface area contributed by atoms with Crippen LogP contribution in [0.5, 0.6) is 11.5 Å². The van der Waals surface area contributed by atoms with E-state index in [2.05, 4.69) is 4.98 Å². The molecule has 19 heavy (non-hydrogen) atoms. The van der Waals surface area contributed by atoms with E-state index in [-0.39, 0.29) is 5.78 Å². The van der Waals surface area contributed by atoms with Gasteiger partial charge in [0, 0.05) is 6.20 Å². The highest BCUT2D eigenvalue weighted by Gasteiger charge is 2.17. The molecule has 1 unspecified atom stereocenters. The van der Waals surface area contributed by atoms with E-state index in [4.69, 9.17) is 9.47 Å². The molecular weight excluding hydrogens is 242 g/mol. The molecule has 1 heterocycles. The predicted octanol–water partition coefficient (Wildman–Crippen LogP) is 2.74. The normalized spacial score (nSPS) is 11.7. The van der Waals surface area contributed by atoms with Crippen LogP contribution in [0.3, 0.4) is 0 Å². The Morgan fingerprint density at radius 2 is 1.79 bits per heavy atom. The second kappa shape index (κ2) is 6.00. The van der Waals surface area contributed by atoms with E-state index in [1.54, 1.807) is 62.7 Å². The topological polar surface area (TPSA) is 48.4 Å². The molecule has 4 nitrogen and oxygen atoms in total. The Morgan fingerprint density at radius 1 is 1.11 bits per heavy atom. The van der Waals surface area contributed by atoms with Crippen LogP contribution in [-0.2, 0) is 0 Å². The van der Waals surface area contributed by atoms with Gasteiger partial charge in [-0.15, -0.1) is 0 Å². The Hall–Kier alpha value is -2.36. The number of hydrogen-bond acceptors (Lipinski definition) is 4. The lowest BCUT2D eigenvalue weighted by Crippen LogP contribution is -2.24. The molecule has 1 aromatic carbocycles.